The molecule has 0 bridgehead atoms. The van der Waals surface area contributed by atoms with Crippen LogP contribution in [0.5, 0.6) is 11.5 Å². The smallest absolute Gasteiger partial charge is 0.402 e. The zero-order valence-electron chi connectivity index (χ0n) is 30.5. The van der Waals surface area contributed by atoms with Crippen molar-refractivity contribution in [3.05, 3.63) is 108 Å². The van der Waals surface area contributed by atoms with Gasteiger partial charge in [-0.05, 0) is 41.0 Å². The predicted octanol–water partition coefficient (Wildman–Crippen LogP) is 6.17. The van der Waals surface area contributed by atoms with E-state index in [0.717, 1.165) is 6.33 Å². The van der Waals surface area contributed by atoms with E-state index in [4.69, 9.17) is 28.4 Å². The summed E-state index contributed by atoms with van der Waals surface area (Å²) in [4.78, 5) is 24.4. The molecule has 0 saturated carbocycles. The minimum absolute atomic E-state index is 0.0439. The molecular formula is C38H37F6N5O8. The lowest BCUT2D eigenvalue weighted by Crippen LogP contribution is -2.41. The Labute approximate surface area is 321 Å². The van der Waals surface area contributed by atoms with Crippen molar-refractivity contribution in [2.45, 2.75) is 49.4 Å². The van der Waals surface area contributed by atoms with E-state index < -0.39 is 67.7 Å². The number of carbonyl (C=O) groups is 1. The van der Waals surface area contributed by atoms with E-state index in [1.54, 1.807) is 24.3 Å². The molecule has 1 amide bonds. The molecule has 304 valence electrons. The first-order valence-corrected chi connectivity index (χ1v) is 17.3. The van der Waals surface area contributed by atoms with Crippen molar-refractivity contribution in [2.75, 3.05) is 39.5 Å². The van der Waals surface area contributed by atoms with Gasteiger partial charge in [0.05, 0.1) is 33.8 Å². The van der Waals surface area contributed by atoms with Crippen LogP contribution in [0.2, 0.25) is 0 Å². The molecule has 0 aliphatic carbocycles. The van der Waals surface area contributed by atoms with Crippen LogP contribution in [-0.2, 0) is 29.3 Å². The highest BCUT2D eigenvalue weighted by Gasteiger charge is 2.57. The van der Waals surface area contributed by atoms with Crippen LogP contribution in [0.1, 0.15) is 29.8 Å². The number of aromatic nitrogens is 4. The molecule has 57 heavy (non-hydrogen) atoms. The number of amides is 1. The van der Waals surface area contributed by atoms with Gasteiger partial charge in [-0.3, -0.25) is 9.36 Å². The zero-order chi connectivity index (χ0) is 41.0. The highest BCUT2D eigenvalue weighted by atomic mass is 19.4. The van der Waals surface area contributed by atoms with Crippen molar-refractivity contribution in [3.8, 4) is 11.5 Å². The number of nitrogens with one attached hydrogen (secondary N) is 1. The van der Waals surface area contributed by atoms with E-state index >= 15 is 0 Å². The number of rotatable bonds is 15. The van der Waals surface area contributed by atoms with Gasteiger partial charge in [-0.1, -0.05) is 54.6 Å². The van der Waals surface area contributed by atoms with Gasteiger partial charge in [0.2, 0.25) is 5.91 Å². The van der Waals surface area contributed by atoms with Gasteiger partial charge in [0.1, 0.15) is 48.5 Å². The summed E-state index contributed by atoms with van der Waals surface area (Å²) in [5.41, 5.74) is 0.810. The fourth-order valence-corrected chi connectivity index (χ4v) is 6.50. The summed E-state index contributed by atoms with van der Waals surface area (Å²) >= 11 is 0. The molecule has 2 N–H and O–H groups in total. The second-order valence-electron chi connectivity index (χ2n) is 12.9. The van der Waals surface area contributed by atoms with Gasteiger partial charge in [-0.15, -0.1) is 0 Å². The van der Waals surface area contributed by atoms with Crippen LogP contribution < -0.4 is 14.8 Å². The van der Waals surface area contributed by atoms with Crippen molar-refractivity contribution in [1.82, 2.24) is 19.5 Å². The van der Waals surface area contributed by atoms with Crippen LogP contribution in [0.25, 0.3) is 11.2 Å². The number of nitrogens with zero attached hydrogens (tertiary/aromatic N) is 4. The van der Waals surface area contributed by atoms with Crippen molar-refractivity contribution >= 4 is 22.9 Å². The largest absolute Gasteiger partial charge is 0.497 e. The molecule has 6 rings (SSSR count). The molecule has 1 saturated heterocycles. The number of imidazole rings is 1. The number of benzene rings is 3. The van der Waals surface area contributed by atoms with Gasteiger partial charge >= 0.3 is 12.4 Å². The molecule has 3 aromatic carbocycles. The van der Waals surface area contributed by atoms with Crippen LogP contribution in [0, 0.1) is 5.92 Å². The Morgan fingerprint density at radius 1 is 0.860 bits per heavy atom. The number of hydrogen-bond acceptors (Lipinski definition) is 11. The first-order chi connectivity index (χ1) is 27.2. The Morgan fingerprint density at radius 3 is 1.98 bits per heavy atom. The summed E-state index contributed by atoms with van der Waals surface area (Å²) in [7, 11) is 3.05. The van der Waals surface area contributed by atoms with Gasteiger partial charge < -0.3 is 38.8 Å². The number of fused-ring (bicyclic) bond motifs is 1. The van der Waals surface area contributed by atoms with Crippen molar-refractivity contribution in [1.29, 1.82) is 0 Å². The number of alkyl halides is 6. The van der Waals surface area contributed by atoms with Crippen LogP contribution in [-0.4, -0.2) is 95.4 Å². The Morgan fingerprint density at radius 2 is 1.44 bits per heavy atom. The number of halogens is 6. The first-order valence-electron chi connectivity index (χ1n) is 17.3. The highest BCUT2D eigenvalue weighted by Crippen LogP contribution is 2.44. The van der Waals surface area contributed by atoms with E-state index in [1.807, 2.05) is 54.6 Å². The van der Waals surface area contributed by atoms with E-state index in [2.05, 4.69) is 20.3 Å². The van der Waals surface area contributed by atoms with Crippen LogP contribution in [0.4, 0.5) is 32.2 Å². The van der Waals surface area contributed by atoms with Crippen LogP contribution in [0.15, 0.2) is 91.5 Å². The predicted molar refractivity (Wildman–Crippen MR) is 189 cm³/mol. The number of carbonyl (C=O) groups excluding carboxylic acids is 1. The lowest BCUT2D eigenvalue weighted by molar-refractivity contribution is -0.299. The summed E-state index contributed by atoms with van der Waals surface area (Å²) in [6, 6.07) is 23.5. The summed E-state index contributed by atoms with van der Waals surface area (Å²) in [5, 5.41) is 14.3. The quantitative estimate of drug-likeness (QED) is 0.0542. The standard InChI is InChI=1S/C38H37F6N5O8/c1-22(50)48-33-30-34(46-19-45-33)49(20-47-30)35-32(55-21-54-18-29(37(39,40)41)38(42,43)44)31(51)28(57-35)17-56-36(23-7-5-4-6-8-23,24-9-13-26(52-2)14-10-24)25-11-15-27(53-3)16-12-25/h4-16,19-20,28-29,31-32,35,51H,17-18,21H2,1-3H3,(H,45,46,48,50)/t28-,31?,32+,35-/m1/s1. The number of ether oxygens (including phenoxy) is 6. The number of hydrogen-bond donors (Lipinski definition) is 2. The molecule has 3 heterocycles. The summed E-state index contributed by atoms with van der Waals surface area (Å²) in [6.07, 6.45) is -14.6. The Kier molecular flexibility index (Phi) is 12.3. The second kappa shape index (κ2) is 17.0. The van der Waals surface area contributed by atoms with Gasteiger partial charge in [-0.2, -0.15) is 26.3 Å². The minimum Gasteiger partial charge on any atom is -0.497 e. The third-order valence-electron chi connectivity index (χ3n) is 9.30. The number of anilines is 1. The van der Waals surface area contributed by atoms with Gasteiger partial charge in [0, 0.05) is 6.92 Å². The maximum absolute atomic E-state index is 13.2. The number of methoxy groups -OCH3 is 2. The molecule has 0 radical (unpaired) electrons. The third-order valence-corrected chi connectivity index (χ3v) is 9.30. The second-order valence-corrected chi connectivity index (χ2v) is 12.9. The van der Waals surface area contributed by atoms with Gasteiger partial charge in [0.15, 0.2) is 29.1 Å². The van der Waals surface area contributed by atoms with Crippen LogP contribution in [0.3, 0.4) is 0 Å². The molecule has 2 aromatic heterocycles. The molecule has 1 aliphatic heterocycles. The average molecular weight is 806 g/mol. The molecule has 5 aromatic rings. The van der Waals surface area contributed by atoms with Crippen molar-refractivity contribution in [2.24, 2.45) is 5.92 Å². The van der Waals surface area contributed by atoms with E-state index in [9.17, 15) is 36.2 Å². The summed E-state index contributed by atoms with van der Waals surface area (Å²) in [6.45, 7) is -1.99. The maximum Gasteiger partial charge on any atom is 0.402 e. The SMILES string of the molecule is COc1ccc(C(OC[C@H]2O[C@@H](n3cnc4c(NC(C)=O)ncnc43)[C@@H](OCOCC(C(F)(F)F)C(F)(F)F)C2O)(c2ccccc2)c2ccc(OC)cc2)cc1. The van der Waals surface area contributed by atoms with E-state index in [0.29, 0.717) is 28.2 Å². The molecule has 4 atom stereocenters. The molecule has 1 aliphatic rings. The maximum atomic E-state index is 13.2. The highest BCUT2D eigenvalue weighted by molar-refractivity contribution is 5.95. The topological polar surface area (TPSA) is 148 Å². The summed E-state index contributed by atoms with van der Waals surface area (Å²) < 4.78 is 115. The van der Waals surface area contributed by atoms with Crippen molar-refractivity contribution in [3.63, 3.8) is 0 Å². The lowest BCUT2D eigenvalue weighted by atomic mass is 9.80. The van der Waals surface area contributed by atoms with E-state index in [1.165, 1.54) is 32.0 Å². The molecule has 1 unspecified atom stereocenters. The zero-order valence-corrected chi connectivity index (χ0v) is 30.5. The summed E-state index contributed by atoms with van der Waals surface area (Å²) in [5.74, 6) is -3.05. The molecule has 1 fully saturated rings. The Balaban J connectivity index is 1.36. The number of aliphatic hydroxyl groups excluding tert-OH is 1. The monoisotopic (exact) mass is 805 g/mol. The number of aliphatic hydroxyl groups is 1. The Bertz CT molecular complexity index is 2040. The molecule has 19 heteroatoms. The minimum atomic E-state index is -5.64. The lowest BCUT2D eigenvalue weighted by Gasteiger charge is -2.37. The molecule has 0 spiro atoms. The fraction of sp³-hybridized carbons (Fsp3) is 0.368. The molecule has 13 nitrogen and oxygen atoms in total. The van der Waals surface area contributed by atoms with Gasteiger partial charge in [-0.25, -0.2) is 15.0 Å². The van der Waals surface area contributed by atoms with Crippen molar-refractivity contribution < 1.29 is 64.7 Å². The van der Waals surface area contributed by atoms with E-state index in [-0.39, 0.29) is 23.6 Å². The normalized spacial score (nSPS) is 18.9. The van der Waals surface area contributed by atoms with Gasteiger partial charge in [0.25, 0.3) is 0 Å². The molecular weight excluding hydrogens is 768 g/mol. The first kappa shape index (κ1) is 41.3. The fourth-order valence-electron chi connectivity index (χ4n) is 6.50. The third kappa shape index (κ3) is 8.81. The average Bonchev–Trinajstić information content (AvgIpc) is 3.75. The van der Waals surface area contributed by atoms with Crippen LogP contribution >= 0.6 is 0 Å². The Hall–Kier alpha value is -5.34.